The summed E-state index contributed by atoms with van der Waals surface area (Å²) in [6.07, 6.45) is 0. The van der Waals surface area contributed by atoms with Gasteiger partial charge in [0.2, 0.25) is 5.13 Å². The third-order valence-corrected chi connectivity index (χ3v) is 7.11. The molecule has 0 aliphatic heterocycles. The number of benzene rings is 2. The summed E-state index contributed by atoms with van der Waals surface area (Å²) in [4.78, 5) is 16.8. The second-order valence-electron chi connectivity index (χ2n) is 6.91. The summed E-state index contributed by atoms with van der Waals surface area (Å²) >= 11 is 1.13. The zero-order chi connectivity index (χ0) is 23.5. The van der Waals surface area contributed by atoms with Crippen LogP contribution in [0.4, 0.5) is 10.8 Å². The molecule has 0 fully saturated rings. The first-order valence-corrected chi connectivity index (χ1v) is 11.6. The molecule has 0 spiro atoms. The predicted molar refractivity (Wildman–Crippen MR) is 122 cm³/mol. The minimum atomic E-state index is -4.00. The van der Waals surface area contributed by atoms with E-state index in [9.17, 15) is 18.5 Å². The fraction of sp³-hybridized carbons (Fsp3) is 0.250. The van der Waals surface area contributed by atoms with Crippen molar-refractivity contribution in [2.75, 3.05) is 39.3 Å². The van der Waals surface area contributed by atoms with Crippen molar-refractivity contribution in [2.45, 2.75) is 4.90 Å². The number of thiazole rings is 1. The van der Waals surface area contributed by atoms with Gasteiger partial charge >= 0.3 is 0 Å². The van der Waals surface area contributed by atoms with E-state index in [2.05, 4.69) is 4.98 Å². The summed E-state index contributed by atoms with van der Waals surface area (Å²) in [5, 5.41) is 13.0. The van der Waals surface area contributed by atoms with Crippen molar-refractivity contribution in [3.8, 4) is 22.8 Å². The first kappa shape index (κ1) is 23.4. The Hall–Kier alpha value is -3.22. The van der Waals surface area contributed by atoms with Crippen LogP contribution in [0.25, 0.3) is 11.3 Å². The molecule has 0 atom stereocenters. The number of rotatable bonds is 9. The molecule has 0 amide bonds. The van der Waals surface area contributed by atoms with Crippen molar-refractivity contribution in [3.05, 3.63) is 58.0 Å². The van der Waals surface area contributed by atoms with E-state index in [1.807, 2.05) is 0 Å². The van der Waals surface area contributed by atoms with Crippen molar-refractivity contribution >= 4 is 32.2 Å². The maximum atomic E-state index is 13.5. The van der Waals surface area contributed by atoms with Gasteiger partial charge < -0.3 is 9.47 Å². The zero-order valence-electron chi connectivity index (χ0n) is 17.9. The number of methoxy groups -OCH3 is 2. The number of anilines is 1. The quantitative estimate of drug-likeness (QED) is 0.261. The molecule has 10 nitrogen and oxygen atoms in total. The molecule has 1 heterocycles. The number of sulfonamides is 1. The molecule has 0 saturated heterocycles. The SMILES string of the molecule is COc1ccc(S(=O)(=O)N(CN(C)C)c2nc(-c3cccc([N+](=O)[O-])c3)cs2)cc1OC. The molecule has 0 radical (unpaired) electrons. The van der Waals surface area contributed by atoms with E-state index >= 15 is 0 Å². The largest absolute Gasteiger partial charge is 0.493 e. The number of aromatic nitrogens is 1. The molecule has 0 aliphatic rings. The van der Waals surface area contributed by atoms with Crippen LogP contribution in [0, 0.1) is 10.1 Å². The zero-order valence-corrected chi connectivity index (χ0v) is 19.5. The van der Waals surface area contributed by atoms with Gasteiger partial charge in [0, 0.05) is 29.1 Å². The molecule has 0 unspecified atom stereocenters. The second-order valence-corrected chi connectivity index (χ2v) is 9.61. The van der Waals surface area contributed by atoms with Crippen molar-refractivity contribution in [1.82, 2.24) is 9.88 Å². The molecular formula is C20H22N4O6S2. The van der Waals surface area contributed by atoms with Gasteiger partial charge in [-0.15, -0.1) is 11.3 Å². The van der Waals surface area contributed by atoms with Crippen LogP contribution in [0.2, 0.25) is 0 Å². The lowest BCUT2D eigenvalue weighted by molar-refractivity contribution is -0.384. The summed E-state index contributed by atoms with van der Waals surface area (Å²) in [7, 11) is 2.38. The number of nitro benzene ring substituents is 1. The fourth-order valence-electron chi connectivity index (χ4n) is 2.89. The van der Waals surface area contributed by atoms with Crippen molar-refractivity contribution in [3.63, 3.8) is 0 Å². The third-order valence-electron chi connectivity index (χ3n) is 4.41. The first-order valence-electron chi connectivity index (χ1n) is 9.27. The van der Waals surface area contributed by atoms with Crippen LogP contribution in [-0.4, -0.2) is 58.2 Å². The fourth-order valence-corrected chi connectivity index (χ4v) is 5.43. The average molecular weight is 479 g/mol. The van der Waals surface area contributed by atoms with E-state index in [0.29, 0.717) is 17.0 Å². The maximum Gasteiger partial charge on any atom is 0.270 e. The third kappa shape index (κ3) is 4.82. The Morgan fingerprint density at radius 2 is 1.81 bits per heavy atom. The van der Waals surface area contributed by atoms with E-state index in [-0.39, 0.29) is 28.1 Å². The highest BCUT2D eigenvalue weighted by atomic mass is 32.2. The van der Waals surface area contributed by atoms with Crippen LogP contribution in [0.15, 0.2) is 52.7 Å². The molecule has 2 aromatic carbocycles. The molecule has 32 heavy (non-hydrogen) atoms. The van der Waals surface area contributed by atoms with Crippen molar-refractivity contribution < 1.29 is 22.8 Å². The Balaban J connectivity index is 2.04. The number of non-ortho nitro benzene ring substituents is 1. The van der Waals surface area contributed by atoms with Gasteiger partial charge in [-0.2, -0.15) is 0 Å². The van der Waals surface area contributed by atoms with Gasteiger partial charge in [-0.3, -0.25) is 15.0 Å². The Morgan fingerprint density at radius 1 is 1.09 bits per heavy atom. The summed E-state index contributed by atoms with van der Waals surface area (Å²) in [6, 6.07) is 10.4. The first-order chi connectivity index (χ1) is 15.2. The predicted octanol–water partition coefficient (Wildman–Crippen LogP) is 3.45. The molecule has 3 aromatic rings. The summed E-state index contributed by atoms with van der Waals surface area (Å²) in [5.41, 5.74) is 0.898. The number of hydrogen-bond donors (Lipinski definition) is 0. The van der Waals surface area contributed by atoms with Gasteiger partial charge in [-0.25, -0.2) is 17.7 Å². The van der Waals surface area contributed by atoms with Crippen LogP contribution in [0.3, 0.4) is 0 Å². The minimum absolute atomic E-state index is 0.0177. The average Bonchev–Trinajstić information content (AvgIpc) is 3.26. The van der Waals surface area contributed by atoms with Crippen molar-refractivity contribution in [2.24, 2.45) is 0 Å². The van der Waals surface area contributed by atoms with Crippen LogP contribution in [-0.2, 0) is 10.0 Å². The standard InChI is InChI=1S/C20H22N4O6S2/c1-22(2)13-23(32(27,28)16-8-9-18(29-3)19(11-16)30-4)20-21-17(12-31-20)14-6-5-7-15(10-14)24(25)26/h5-12H,13H2,1-4H3. The number of ether oxygens (including phenoxy) is 2. The Bertz CT molecular complexity index is 1230. The normalized spacial score (nSPS) is 11.4. The maximum absolute atomic E-state index is 13.5. The lowest BCUT2D eigenvalue weighted by atomic mass is 10.1. The lowest BCUT2D eigenvalue weighted by Gasteiger charge is -2.25. The highest BCUT2D eigenvalue weighted by Gasteiger charge is 2.29. The number of nitrogens with zero attached hydrogens (tertiary/aromatic N) is 4. The van der Waals surface area contributed by atoms with Crippen LogP contribution in [0.1, 0.15) is 0 Å². The monoisotopic (exact) mass is 478 g/mol. The van der Waals surface area contributed by atoms with Gasteiger partial charge in [-0.1, -0.05) is 12.1 Å². The van der Waals surface area contributed by atoms with E-state index in [1.54, 1.807) is 36.5 Å². The summed E-state index contributed by atoms with van der Waals surface area (Å²) in [5.74, 6) is 0.697. The van der Waals surface area contributed by atoms with E-state index in [1.165, 1.54) is 48.9 Å². The second kappa shape index (κ2) is 9.51. The molecule has 0 N–H and O–H groups in total. The molecule has 1 aromatic heterocycles. The Labute approximate surface area is 189 Å². The smallest absolute Gasteiger partial charge is 0.270 e. The Kier molecular flexibility index (Phi) is 6.96. The lowest BCUT2D eigenvalue weighted by Crippen LogP contribution is -2.38. The van der Waals surface area contributed by atoms with Gasteiger partial charge in [0.1, 0.15) is 0 Å². The van der Waals surface area contributed by atoms with Gasteiger partial charge in [0.05, 0.1) is 36.4 Å². The number of nitro groups is 1. The van der Waals surface area contributed by atoms with E-state index in [4.69, 9.17) is 9.47 Å². The van der Waals surface area contributed by atoms with Gasteiger partial charge in [0.25, 0.3) is 15.7 Å². The van der Waals surface area contributed by atoms with Crippen LogP contribution < -0.4 is 13.8 Å². The van der Waals surface area contributed by atoms with Crippen molar-refractivity contribution in [1.29, 1.82) is 0 Å². The van der Waals surface area contributed by atoms with Gasteiger partial charge in [0.15, 0.2) is 11.5 Å². The van der Waals surface area contributed by atoms with E-state index in [0.717, 1.165) is 11.3 Å². The van der Waals surface area contributed by atoms with E-state index < -0.39 is 14.9 Å². The minimum Gasteiger partial charge on any atom is -0.493 e. The van der Waals surface area contributed by atoms with Crippen LogP contribution >= 0.6 is 11.3 Å². The van der Waals surface area contributed by atoms with Gasteiger partial charge in [-0.05, 0) is 26.2 Å². The molecule has 0 saturated carbocycles. The van der Waals surface area contributed by atoms with Crippen LogP contribution in [0.5, 0.6) is 11.5 Å². The topological polar surface area (TPSA) is 115 Å². The highest BCUT2D eigenvalue weighted by Crippen LogP contribution is 2.35. The molecule has 0 aliphatic carbocycles. The number of hydrogen-bond acceptors (Lipinski definition) is 9. The Morgan fingerprint density at radius 3 is 2.44 bits per heavy atom. The molecule has 170 valence electrons. The molecular weight excluding hydrogens is 456 g/mol. The molecule has 0 bridgehead atoms. The summed E-state index contributed by atoms with van der Waals surface area (Å²) in [6.45, 7) is 0.0402. The molecule has 12 heteroatoms. The summed E-state index contributed by atoms with van der Waals surface area (Å²) < 4.78 is 38.6. The highest BCUT2D eigenvalue weighted by molar-refractivity contribution is 7.93. The molecule has 3 rings (SSSR count).